The minimum atomic E-state index is 0.0721. The number of allylic oxidation sites excluding steroid dienone is 1. The van der Waals surface area contributed by atoms with E-state index in [1.54, 1.807) is 62.4 Å². The molecule has 0 saturated heterocycles. The van der Waals surface area contributed by atoms with Crippen LogP contribution >= 0.6 is 0 Å². The van der Waals surface area contributed by atoms with Gasteiger partial charge >= 0.3 is 0 Å². The molecule has 0 amide bonds. The van der Waals surface area contributed by atoms with Gasteiger partial charge in [0, 0.05) is 34.7 Å². The van der Waals surface area contributed by atoms with E-state index in [9.17, 15) is 25.5 Å². The van der Waals surface area contributed by atoms with Gasteiger partial charge in [0.15, 0.2) is 0 Å². The molecule has 0 bridgehead atoms. The lowest BCUT2D eigenvalue weighted by Gasteiger charge is -2.15. The molecule has 0 aliphatic rings. The minimum Gasteiger partial charge on any atom is -0.508 e. The Hall–Kier alpha value is -4.12. The number of hydrogen-bond donors (Lipinski definition) is 5. The molecule has 0 heterocycles. The second-order valence-corrected chi connectivity index (χ2v) is 8.81. The van der Waals surface area contributed by atoms with Crippen LogP contribution in [0.5, 0.6) is 23.0 Å². The second kappa shape index (κ2) is 9.02. The zero-order valence-corrected chi connectivity index (χ0v) is 19.4. The normalized spacial score (nSPS) is 12.1. The molecule has 0 aliphatic heterocycles. The SMILES string of the molecule is C/C(Cc1cc(C)cc(Cc2ccc3c(O)cccc3c2O)c1O)=C(/O)c1cccc(O)c1C. The number of hydrogen-bond acceptors (Lipinski definition) is 5. The smallest absolute Gasteiger partial charge is 0.127 e. The highest BCUT2D eigenvalue weighted by Gasteiger charge is 2.16. The lowest BCUT2D eigenvalue weighted by molar-refractivity contribution is 0.459. The Kier molecular flexibility index (Phi) is 6.12. The van der Waals surface area contributed by atoms with Gasteiger partial charge in [0.1, 0.15) is 28.8 Å². The molecule has 5 nitrogen and oxygen atoms in total. The van der Waals surface area contributed by atoms with Crippen LogP contribution in [-0.4, -0.2) is 25.5 Å². The highest BCUT2D eigenvalue weighted by molar-refractivity contribution is 5.93. The number of benzene rings is 4. The predicted molar refractivity (Wildman–Crippen MR) is 135 cm³/mol. The first-order valence-corrected chi connectivity index (χ1v) is 11.1. The first-order chi connectivity index (χ1) is 16.2. The molecule has 0 fully saturated rings. The van der Waals surface area contributed by atoms with E-state index in [0.29, 0.717) is 57.0 Å². The number of aromatic hydroxyl groups is 4. The highest BCUT2D eigenvalue weighted by atomic mass is 16.3. The molecule has 4 aromatic rings. The van der Waals surface area contributed by atoms with Crippen molar-refractivity contribution in [2.24, 2.45) is 0 Å². The molecule has 34 heavy (non-hydrogen) atoms. The molecule has 174 valence electrons. The van der Waals surface area contributed by atoms with Crippen molar-refractivity contribution in [1.29, 1.82) is 0 Å². The Labute approximate surface area is 198 Å². The van der Waals surface area contributed by atoms with Gasteiger partial charge in [-0.15, -0.1) is 0 Å². The number of aliphatic hydroxyl groups is 1. The molecule has 5 N–H and O–H groups in total. The zero-order valence-electron chi connectivity index (χ0n) is 19.4. The second-order valence-electron chi connectivity index (χ2n) is 8.81. The Balaban J connectivity index is 1.70. The van der Waals surface area contributed by atoms with Crippen LogP contribution in [0.15, 0.2) is 66.2 Å². The summed E-state index contributed by atoms with van der Waals surface area (Å²) in [5.74, 6) is 0.470. The van der Waals surface area contributed by atoms with Crippen molar-refractivity contribution in [3.05, 3.63) is 99.6 Å². The average Bonchev–Trinajstić information content (AvgIpc) is 2.80. The van der Waals surface area contributed by atoms with Gasteiger partial charge in [0.2, 0.25) is 0 Å². The van der Waals surface area contributed by atoms with E-state index >= 15 is 0 Å². The zero-order chi connectivity index (χ0) is 24.6. The van der Waals surface area contributed by atoms with E-state index in [-0.39, 0.29) is 28.8 Å². The lowest BCUT2D eigenvalue weighted by Crippen LogP contribution is -1.99. The fourth-order valence-electron chi connectivity index (χ4n) is 4.40. The van der Waals surface area contributed by atoms with E-state index in [0.717, 1.165) is 5.56 Å². The highest BCUT2D eigenvalue weighted by Crippen LogP contribution is 2.37. The number of aliphatic hydroxyl groups excluding tert-OH is 1. The standard InChI is InChI=1S/C29H28O5/c1-16-12-20(14-17(2)27(32)22-6-4-8-25(30)18(22)3)28(33)21(13-16)15-19-10-11-23-24(29(19)34)7-5-9-26(23)31/h4-13,30-34H,14-15H2,1-3H3/b27-17-. The summed E-state index contributed by atoms with van der Waals surface area (Å²) in [6.45, 7) is 5.47. The number of fused-ring (bicyclic) bond motifs is 1. The maximum atomic E-state index is 11.1. The lowest BCUT2D eigenvalue weighted by atomic mass is 9.93. The minimum absolute atomic E-state index is 0.0721. The third-order valence-corrected chi connectivity index (χ3v) is 6.31. The predicted octanol–water partition coefficient (Wildman–Crippen LogP) is 6.40. The summed E-state index contributed by atoms with van der Waals surface area (Å²) in [6, 6.07) is 17.3. The quantitative estimate of drug-likeness (QED) is 0.224. The fourth-order valence-corrected chi connectivity index (χ4v) is 4.40. The maximum absolute atomic E-state index is 11.1. The van der Waals surface area contributed by atoms with Crippen molar-refractivity contribution in [2.45, 2.75) is 33.6 Å². The van der Waals surface area contributed by atoms with Gasteiger partial charge in [-0.05, 0) is 55.2 Å². The van der Waals surface area contributed by atoms with E-state index in [2.05, 4.69) is 0 Å². The van der Waals surface area contributed by atoms with Gasteiger partial charge in [-0.3, -0.25) is 0 Å². The third kappa shape index (κ3) is 4.25. The molecular formula is C29H28O5. The van der Waals surface area contributed by atoms with Crippen LogP contribution in [0.4, 0.5) is 0 Å². The molecular weight excluding hydrogens is 428 g/mol. The third-order valence-electron chi connectivity index (χ3n) is 6.31. The maximum Gasteiger partial charge on any atom is 0.127 e. The van der Waals surface area contributed by atoms with Crippen LogP contribution in [0.1, 0.15) is 40.3 Å². The largest absolute Gasteiger partial charge is 0.508 e. The monoisotopic (exact) mass is 456 g/mol. The Bertz CT molecular complexity index is 1430. The summed E-state index contributed by atoms with van der Waals surface area (Å²) in [5, 5.41) is 53.8. The first-order valence-electron chi connectivity index (χ1n) is 11.1. The van der Waals surface area contributed by atoms with E-state index in [1.165, 1.54) is 0 Å². The topological polar surface area (TPSA) is 101 Å². The Morgan fingerprint density at radius 1 is 0.706 bits per heavy atom. The molecule has 0 saturated carbocycles. The van der Waals surface area contributed by atoms with Crippen molar-refractivity contribution < 1.29 is 25.5 Å². The molecule has 0 aliphatic carbocycles. The number of phenolic OH excluding ortho intramolecular Hbond substituents is 4. The first kappa shape index (κ1) is 23.1. The molecule has 0 atom stereocenters. The van der Waals surface area contributed by atoms with Gasteiger partial charge in [-0.25, -0.2) is 0 Å². The summed E-state index contributed by atoms with van der Waals surface area (Å²) in [7, 11) is 0. The van der Waals surface area contributed by atoms with Gasteiger partial charge in [-0.2, -0.15) is 0 Å². The van der Waals surface area contributed by atoms with Crippen molar-refractivity contribution >= 4 is 16.5 Å². The molecule has 0 radical (unpaired) electrons. The van der Waals surface area contributed by atoms with Gasteiger partial charge in [0.05, 0.1) is 0 Å². The van der Waals surface area contributed by atoms with Crippen LogP contribution in [0.25, 0.3) is 16.5 Å². The van der Waals surface area contributed by atoms with Gasteiger partial charge in [-0.1, -0.05) is 54.1 Å². The van der Waals surface area contributed by atoms with E-state index < -0.39 is 0 Å². The van der Waals surface area contributed by atoms with E-state index in [1.807, 2.05) is 19.1 Å². The number of phenols is 4. The molecule has 0 aromatic heterocycles. The average molecular weight is 457 g/mol. The van der Waals surface area contributed by atoms with Crippen LogP contribution < -0.4 is 0 Å². The summed E-state index contributed by atoms with van der Waals surface area (Å²) in [6.07, 6.45) is 0.622. The summed E-state index contributed by atoms with van der Waals surface area (Å²) >= 11 is 0. The van der Waals surface area contributed by atoms with Gasteiger partial charge < -0.3 is 25.5 Å². The van der Waals surface area contributed by atoms with Crippen molar-refractivity contribution in [2.75, 3.05) is 0 Å². The Morgan fingerprint density at radius 2 is 1.38 bits per heavy atom. The summed E-state index contributed by atoms with van der Waals surface area (Å²) < 4.78 is 0. The van der Waals surface area contributed by atoms with Crippen molar-refractivity contribution in [3.63, 3.8) is 0 Å². The van der Waals surface area contributed by atoms with E-state index in [4.69, 9.17) is 0 Å². The molecule has 0 unspecified atom stereocenters. The Morgan fingerprint density at radius 3 is 2.15 bits per heavy atom. The molecule has 4 rings (SSSR count). The molecule has 0 spiro atoms. The summed E-state index contributed by atoms with van der Waals surface area (Å²) in [5.41, 5.74) is 4.70. The van der Waals surface area contributed by atoms with Crippen LogP contribution in [-0.2, 0) is 12.8 Å². The fraction of sp³-hybridized carbons (Fsp3) is 0.172. The van der Waals surface area contributed by atoms with Crippen LogP contribution in [0.2, 0.25) is 0 Å². The molecule has 5 heteroatoms. The van der Waals surface area contributed by atoms with Crippen LogP contribution in [0.3, 0.4) is 0 Å². The molecule has 4 aromatic carbocycles. The van der Waals surface area contributed by atoms with Crippen LogP contribution in [0, 0.1) is 13.8 Å². The van der Waals surface area contributed by atoms with Crippen molar-refractivity contribution in [1.82, 2.24) is 0 Å². The van der Waals surface area contributed by atoms with Gasteiger partial charge in [0.25, 0.3) is 0 Å². The number of aryl methyl sites for hydroxylation is 1. The summed E-state index contributed by atoms with van der Waals surface area (Å²) in [4.78, 5) is 0. The number of rotatable bonds is 5. The van der Waals surface area contributed by atoms with Crippen molar-refractivity contribution in [3.8, 4) is 23.0 Å².